The average Bonchev–Trinajstić information content (AvgIpc) is 2.15. The van der Waals surface area contributed by atoms with Crippen LogP contribution in [0.1, 0.15) is 18.9 Å². The van der Waals surface area contributed by atoms with Gasteiger partial charge in [0.15, 0.2) is 0 Å². The van der Waals surface area contributed by atoms with Crippen LogP contribution in [0.5, 0.6) is 5.75 Å². The predicted molar refractivity (Wildman–Crippen MR) is 60.6 cm³/mol. The van der Waals surface area contributed by atoms with Crippen LogP contribution in [0.2, 0.25) is 0 Å². The van der Waals surface area contributed by atoms with Gasteiger partial charge in [-0.3, -0.25) is 0 Å². The second-order valence-electron chi connectivity index (χ2n) is 3.30. The van der Waals surface area contributed by atoms with E-state index in [4.69, 9.17) is 5.11 Å². The van der Waals surface area contributed by atoms with Crippen LogP contribution in [0, 0.1) is 0 Å². The van der Waals surface area contributed by atoms with Crippen molar-refractivity contribution in [2.24, 2.45) is 0 Å². The van der Waals surface area contributed by atoms with E-state index in [1.807, 2.05) is 12.1 Å². The number of thioether (sulfide) groups is 1. The molecule has 0 bridgehead atoms. The highest BCUT2D eigenvalue weighted by molar-refractivity contribution is 7.99. The molecular weight excluding hydrogens is 196 g/mol. The molecule has 1 atom stereocenters. The summed E-state index contributed by atoms with van der Waals surface area (Å²) in [6.45, 7) is 2.35. The molecule has 0 heterocycles. The quantitative estimate of drug-likeness (QED) is 0.787. The summed E-state index contributed by atoms with van der Waals surface area (Å²) < 4.78 is 0. The topological polar surface area (TPSA) is 40.5 Å². The largest absolute Gasteiger partial charge is 0.508 e. The van der Waals surface area contributed by atoms with Gasteiger partial charge in [-0.15, -0.1) is 0 Å². The number of phenolic OH excluding ortho intramolecular Hbond substituents is 1. The Morgan fingerprint density at radius 2 is 2.21 bits per heavy atom. The highest BCUT2D eigenvalue weighted by atomic mass is 32.2. The van der Waals surface area contributed by atoms with E-state index in [-0.39, 0.29) is 6.61 Å². The van der Waals surface area contributed by atoms with E-state index >= 15 is 0 Å². The summed E-state index contributed by atoms with van der Waals surface area (Å²) in [6, 6.07) is 7.30. The second kappa shape index (κ2) is 5.94. The monoisotopic (exact) mass is 212 g/mol. The van der Waals surface area contributed by atoms with Crippen LogP contribution in [-0.4, -0.2) is 22.1 Å². The first kappa shape index (κ1) is 11.4. The van der Waals surface area contributed by atoms with Crippen LogP contribution in [0.4, 0.5) is 0 Å². The Balaban J connectivity index is 2.37. The van der Waals surface area contributed by atoms with Crippen molar-refractivity contribution in [2.75, 3.05) is 6.61 Å². The van der Waals surface area contributed by atoms with Crippen molar-refractivity contribution in [3.05, 3.63) is 29.8 Å². The number of hydrogen-bond donors (Lipinski definition) is 2. The maximum Gasteiger partial charge on any atom is 0.115 e. The molecule has 1 rings (SSSR count). The summed E-state index contributed by atoms with van der Waals surface area (Å²) in [7, 11) is 0. The number of benzene rings is 1. The van der Waals surface area contributed by atoms with Crippen LogP contribution in [0.15, 0.2) is 24.3 Å². The van der Waals surface area contributed by atoms with Crippen molar-refractivity contribution in [1.29, 1.82) is 0 Å². The molecular formula is C11H16O2S. The van der Waals surface area contributed by atoms with Crippen molar-refractivity contribution in [3.63, 3.8) is 0 Å². The molecule has 0 aliphatic carbocycles. The predicted octanol–water partition coefficient (Wildman–Crippen LogP) is 2.40. The molecule has 1 aromatic carbocycles. The fraction of sp³-hybridized carbons (Fsp3) is 0.455. The van der Waals surface area contributed by atoms with Crippen molar-refractivity contribution in [1.82, 2.24) is 0 Å². The van der Waals surface area contributed by atoms with Gasteiger partial charge < -0.3 is 10.2 Å². The first-order valence-electron chi connectivity index (χ1n) is 4.72. The molecule has 0 radical (unpaired) electrons. The molecule has 3 heteroatoms. The van der Waals surface area contributed by atoms with E-state index < -0.39 is 0 Å². The lowest BCUT2D eigenvalue weighted by Gasteiger charge is -2.09. The number of hydrogen-bond acceptors (Lipinski definition) is 3. The summed E-state index contributed by atoms with van der Waals surface area (Å²) in [5, 5.41) is 18.4. The summed E-state index contributed by atoms with van der Waals surface area (Å²) in [6.07, 6.45) is 0.823. The van der Waals surface area contributed by atoms with Gasteiger partial charge in [0.2, 0.25) is 0 Å². The van der Waals surface area contributed by atoms with E-state index in [1.165, 1.54) is 0 Å². The van der Waals surface area contributed by atoms with Gasteiger partial charge in [0.05, 0.1) is 0 Å². The van der Waals surface area contributed by atoms with E-state index in [0.717, 1.165) is 17.7 Å². The number of aliphatic hydroxyl groups excluding tert-OH is 1. The lowest BCUT2D eigenvalue weighted by molar-refractivity contribution is 0.289. The Bertz CT molecular complexity index is 276. The smallest absolute Gasteiger partial charge is 0.115 e. The molecule has 0 aliphatic rings. The van der Waals surface area contributed by atoms with Crippen LogP contribution >= 0.6 is 11.8 Å². The lowest BCUT2D eigenvalue weighted by Crippen LogP contribution is -1.99. The van der Waals surface area contributed by atoms with Crippen molar-refractivity contribution in [3.8, 4) is 5.75 Å². The Morgan fingerprint density at radius 1 is 1.43 bits per heavy atom. The van der Waals surface area contributed by atoms with Crippen LogP contribution in [0.25, 0.3) is 0 Å². The SMILES string of the molecule is CC(CCO)SCc1cccc(O)c1. The van der Waals surface area contributed by atoms with E-state index in [0.29, 0.717) is 11.0 Å². The molecule has 0 saturated heterocycles. The third-order valence-electron chi connectivity index (χ3n) is 1.98. The van der Waals surface area contributed by atoms with E-state index in [2.05, 4.69) is 6.92 Å². The lowest BCUT2D eigenvalue weighted by atomic mass is 10.2. The highest BCUT2D eigenvalue weighted by Gasteiger charge is 2.02. The van der Waals surface area contributed by atoms with Gasteiger partial charge in [-0.25, -0.2) is 0 Å². The molecule has 0 aromatic heterocycles. The minimum Gasteiger partial charge on any atom is -0.508 e. The Morgan fingerprint density at radius 3 is 2.86 bits per heavy atom. The molecule has 0 spiro atoms. The summed E-state index contributed by atoms with van der Waals surface area (Å²) in [5.74, 6) is 1.20. The molecule has 2 N–H and O–H groups in total. The molecule has 1 aromatic rings. The normalized spacial score (nSPS) is 12.7. The third-order valence-corrected chi connectivity index (χ3v) is 3.29. The van der Waals surface area contributed by atoms with Crippen LogP contribution in [-0.2, 0) is 5.75 Å². The standard InChI is InChI=1S/C11H16O2S/c1-9(5-6-12)14-8-10-3-2-4-11(13)7-10/h2-4,7,9,12-13H,5-6,8H2,1H3. The average molecular weight is 212 g/mol. The number of aliphatic hydroxyl groups is 1. The molecule has 0 amide bonds. The summed E-state index contributed by atoms with van der Waals surface area (Å²) in [5.41, 5.74) is 1.12. The maximum atomic E-state index is 9.23. The van der Waals surface area contributed by atoms with Crippen LogP contribution in [0.3, 0.4) is 0 Å². The summed E-state index contributed by atoms with van der Waals surface area (Å²) in [4.78, 5) is 0. The zero-order valence-electron chi connectivity index (χ0n) is 8.31. The van der Waals surface area contributed by atoms with Crippen LogP contribution < -0.4 is 0 Å². The molecule has 78 valence electrons. The Kier molecular flexibility index (Phi) is 4.84. The molecule has 2 nitrogen and oxygen atoms in total. The minimum absolute atomic E-state index is 0.244. The number of aromatic hydroxyl groups is 1. The number of phenols is 1. The van der Waals surface area contributed by atoms with Gasteiger partial charge in [0.25, 0.3) is 0 Å². The molecule has 14 heavy (non-hydrogen) atoms. The Labute approximate surface area is 89.0 Å². The minimum atomic E-state index is 0.244. The zero-order valence-corrected chi connectivity index (χ0v) is 9.13. The molecule has 0 saturated carbocycles. The van der Waals surface area contributed by atoms with Gasteiger partial charge in [-0.2, -0.15) is 11.8 Å². The highest BCUT2D eigenvalue weighted by Crippen LogP contribution is 2.21. The fourth-order valence-corrected chi connectivity index (χ4v) is 2.08. The first-order chi connectivity index (χ1) is 6.72. The van der Waals surface area contributed by atoms with Gasteiger partial charge in [0, 0.05) is 17.6 Å². The van der Waals surface area contributed by atoms with Crippen molar-refractivity contribution >= 4 is 11.8 Å². The van der Waals surface area contributed by atoms with Crippen molar-refractivity contribution in [2.45, 2.75) is 24.3 Å². The van der Waals surface area contributed by atoms with E-state index in [9.17, 15) is 5.11 Å². The van der Waals surface area contributed by atoms with Crippen molar-refractivity contribution < 1.29 is 10.2 Å². The molecule has 1 unspecified atom stereocenters. The number of rotatable bonds is 5. The molecule has 0 aliphatic heterocycles. The zero-order chi connectivity index (χ0) is 10.4. The molecule has 0 fully saturated rings. The summed E-state index contributed by atoms with van der Waals surface area (Å²) >= 11 is 1.79. The fourth-order valence-electron chi connectivity index (χ4n) is 1.15. The first-order valence-corrected chi connectivity index (χ1v) is 5.77. The van der Waals surface area contributed by atoms with Gasteiger partial charge in [0.1, 0.15) is 5.75 Å². The van der Waals surface area contributed by atoms with Gasteiger partial charge >= 0.3 is 0 Å². The van der Waals surface area contributed by atoms with E-state index in [1.54, 1.807) is 23.9 Å². The Hall–Kier alpha value is -0.670. The second-order valence-corrected chi connectivity index (χ2v) is 4.73. The third kappa shape index (κ3) is 4.03. The maximum absolute atomic E-state index is 9.23. The van der Waals surface area contributed by atoms with Gasteiger partial charge in [-0.1, -0.05) is 19.1 Å². The van der Waals surface area contributed by atoms with Gasteiger partial charge in [-0.05, 0) is 24.1 Å².